The molecule has 1 aliphatic rings. The summed E-state index contributed by atoms with van der Waals surface area (Å²) in [5.74, 6) is 0.319. The Morgan fingerprint density at radius 1 is 1.44 bits per heavy atom. The first-order chi connectivity index (χ1) is 7.59. The molecule has 1 unspecified atom stereocenters. The van der Waals surface area contributed by atoms with Crippen LogP contribution in [0.4, 0.5) is 0 Å². The van der Waals surface area contributed by atoms with Crippen LogP contribution in [-0.2, 0) is 4.79 Å². The molecule has 1 heterocycles. The first kappa shape index (κ1) is 13.7. The lowest BCUT2D eigenvalue weighted by Crippen LogP contribution is -2.45. The van der Waals surface area contributed by atoms with E-state index in [1.165, 1.54) is 25.9 Å². The topological polar surface area (TPSA) is 23.6 Å². The minimum Gasteiger partial charge on any atom is -0.305 e. The minimum atomic E-state index is 0.319. The molecule has 0 aromatic heterocycles. The summed E-state index contributed by atoms with van der Waals surface area (Å²) in [6.07, 6.45) is 5.59. The Hall–Kier alpha value is -0.410. The van der Waals surface area contributed by atoms with Crippen molar-refractivity contribution in [2.75, 3.05) is 33.7 Å². The Morgan fingerprint density at radius 3 is 2.81 bits per heavy atom. The van der Waals surface area contributed by atoms with Gasteiger partial charge in [0.05, 0.1) is 0 Å². The van der Waals surface area contributed by atoms with Gasteiger partial charge in [0.2, 0.25) is 0 Å². The summed E-state index contributed by atoms with van der Waals surface area (Å²) < 4.78 is 0. The Labute approximate surface area is 99.8 Å². The fourth-order valence-corrected chi connectivity index (χ4v) is 2.42. The lowest BCUT2D eigenvalue weighted by molar-refractivity contribution is -0.117. The van der Waals surface area contributed by atoms with Gasteiger partial charge in [0.15, 0.2) is 0 Å². The second-order valence-corrected chi connectivity index (χ2v) is 5.20. The third-order valence-electron chi connectivity index (χ3n) is 3.51. The van der Waals surface area contributed by atoms with Gasteiger partial charge in [0.25, 0.3) is 0 Å². The normalized spacial score (nSPS) is 22.6. The number of carbonyl (C=O) groups excluding carboxylic acids is 1. The fourth-order valence-electron chi connectivity index (χ4n) is 2.42. The summed E-state index contributed by atoms with van der Waals surface area (Å²) in [7, 11) is 4.42. The van der Waals surface area contributed by atoms with E-state index in [2.05, 4.69) is 23.9 Å². The van der Waals surface area contributed by atoms with Gasteiger partial charge in [-0.1, -0.05) is 0 Å². The summed E-state index contributed by atoms with van der Waals surface area (Å²) in [6.45, 7) is 5.25. The highest BCUT2D eigenvalue weighted by molar-refractivity contribution is 5.75. The van der Waals surface area contributed by atoms with Crippen molar-refractivity contribution < 1.29 is 4.79 Å². The van der Waals surface area contributed by atoms with E-state index in [0.29, 0.717) is 5.78 Å². The highest BCUT2D eigenvalue weighted by Gasteiger charge is 2.20. The lowest BCUT2D eigenvalue weighted by Gasteiger charge is -2.35. The maximum Gasteiger partial charge on any atom is 0.129 e. The molecule has 0 aromatic rings. The fraction of sp³-hybridized carbons (Fsp3) is 0.923. The van der Waals surface area contributed by atoms with Gasteiger partial charge >= 0.3 is 0 Å². The molecule has 0 aromatic carbocycles. The molecule has 0 amide bonds. The molecule has 1 fully saturated rings. The molecule has 1 rings (SSSR count). The Morgan fingerprint density at radius 2 is 2.19 bits per heavy atom. The van der Waals surface area contributed by atoms with E-state index in [4.69, 9.17) is 0 Å². The molecule has 0 spiro atoms. The predicted molar refractivity (Wildman–Crippen MR) is 67.7 cm³/mol. The summed E-state index contributed by atoms with van der Waals surface area (Å²) in [5, 5.41) is 0. The summed E-state index contributed by atoms with van der Waals surface area (Å²) >= 11 is 0. The number of hydrogen-bond donors (Lipinski definition) is 0. The smallest absolute Gasteiger partial charge is 0.129 e. The molecule has 1 saturated heterocycles. The van der Waals surface area contributed by atoms with Crippen LogP contribution in [0.2, 0.25) is 0 Å². The van der Waals surface area contributed by atoms with E-state index >= 15 is 0 Å². The third-order valence-corrected chi connectivity index (χ3v) is 3.51. The van der Waals surface area contributed by atoms with Crippen LogP contribution in [0.3, 0.4) is 0 Å². The standard InChI is InChI=1S/C13H26N2O/c1-12(16)7-4-5-10-15(3)13-8-6-9-14(2)11-13/h13H,4-11H2,1-3H3. The van der Waals surface area contributed by atoms with Crippen LogP contribution in [0.1, 0.15) is 39.0 Å². The molecule has 3 nitrogen and oxygen atoms in total. The highest BCUT2D eigenvalue weighted by atomic mass is 16.1. The molecule has 94 valence electrons. The van der Waals surface area contributed by atoms with Gasteiger partial charge in [-0.15, -0.1) is 0 Å². The molecule has 0 radical (unpaired) electrons. The molecule has 0 N–H and O–H groups in total. The SMILES string of the molecule is CC(=O)CCCCN(C)C1CCCN(C)C1. The maximum absolute atomic E-state index is 10.8. The minimum absolute atomic E-state index is 0.319. The van der Waals surface area contributed by atoms with E-state index in [1.54, 1.807) is 6.92 Å². The summed E-state index contributed by atoms with van der Waals surface area (Å²) in [5.41, 5.74) is 0. The second-order valence-electron chi connectivity index (χ2n) is 5.20. The third kappa shape index (κ3) is 5.08. The summed E-state index contributed by atoms with van der Waals surface area (Å²) in [6, 6.07) is 0.719. The zero-order valence-corrected chi connectivity index (χ0v) is 11.0. The van der Waals surface area contributed by atoms with Crippen LogP contribution >= 0.6 is 0 Å². The van der Waals surface area contributed by atoms with Gasteiger partial charge < -0.3 is 14.6 Å². The van der Waals surface area contributed by atoms with Gasteiger partial charge in [0.1, 0.15) is 5.78 Å². The van der Waals surface area contributed by atoms with Crippen LogP contribution in [-0.4, -0.2) is 55.4 Å². The number of likely N-dealkylation sites (N-methyl/N-ethyl adjacent to an activating group) is 2. The van der Waals surface area contributed by atoms with E-state index in [-0.39, 0.29) is 0 Å². The number of rotatable bonds is 6. The van der Waals surface area contributed by atoms with Crippen molar-refractivity contribution in [3.05, 3.63) is 0 Å². The number of carbonyl (C=O) groups is 1. The monoisotopic (exact) mass is 226 g/mol. The number of Topliss-reactive ketones (excluding diaryl/α,β-unsaturated/α-hetero) is 1. The first-order valence-electron chi connectivity index (χ1n) is 6.48. The van der Waals surface area contributed by atoms with Crippen molar-refractivity contribution in [1.82, 2.24) is 9.80 Å². The highest BCUT2D eigenvalue weighted by Crippen LogP contribution is 2.14. The van der Waals surface area contributed by atoms with Gasteiger partial charge in [-0.25, -0.2) is 0 Å². The zero-order chi connectivity index (χ0) is 12.0. The Bertz CT molecular complexity index is 218. The van der Waals surface area contributed by atoms with Crippen molar-refractivity contribution in [3.63, 3.8) is 0 Å². The van der Waals surface area contributed by atoms with Crippen LogP contribution in [0, 0.1) is 0 Å². The molecule has 0 aliphatic carbocycles. The van der Waals surface area contributed by atoms with Crippen molar-refractivity contribution >= 4 is 5.78 Å². The van der Waals surface area contributed by atoms with Crippen LogP contribution < -0.4 is 0 Å². The maximum atomic E-state index is 10.8. The molecular weight excluding hydrogens is 200 g/mol. The first-order valence-corrected chi connectivity index (χ1v) is 6.48. The number of hydrogen-bond acceptors (Lipinski definition) is 3. The summed E-state index contributed by atoms with van der Waals surface area (Å²) in [4.78, 5) is 15.7. The number of likely N-dealkylation sites (tertiary alicyclic amines) is 1. The predicted octanol–water partition coefficient (Wildman–Crippen LogP) is 1.77. The van der Waals surface area contributed by atoms with E-state index in [9.17, 15) is 4.79 Å². The molecule has 3 heteroatoms. The van der Waals surface area contributed by atoms with Gasteiger partial charge in [-0.05, 0) is 59.8 Å². The van der Waals surface area contributed by atoms with Crippen molar-refractivity contribution in [2.24, 2.45) is 0 Å². The van der Waals surface area contributed by atoms with Crippen LogP contribution in [0.25, 0.3) is 0 Å². The van der Waals surface area contributed by atoms with E-state index < -0.39 is 0 Å². The molecule has 1 atom stereocenters. The molecule has 0 bridgehead atoms. The van der Waals surface area contributed by atoms with Gasteiger partial charge in [-0.2, -0.15) is 0 Å². The van der Waals surface area contributed by atoms with Crippen LogP contribution in [0.15, 0.2) is 0 Å². The second kappa shape index (κ2) is 7.02. The average Bonchev–Trinajstić information content (AvgIpc) is 2.24. The van der Waals surface area contributed by atoms with Gasteiger partial charge in [0, 0.05) is 19.0 Å². The van der Waals surface area contributed by atoms with E-state index in [0.717, 1.165) is 31.8 Å². The zero-order valence-electron chi connectivity index (χ0n) is 11.0. The number of nitrogens with zero attached hydrogens (tertiary/aromatic N) is 2. The Balaban J connectivity index is 2.13. The van der Waals surface area contributed by atoms with Crippen LogP contribution in [0.5, 0.6) is 0 Å². The van der Waals surface area contributed by atoms with E-state index in [1.807, 2.05) is 0 Å². The number of piperidine rings is 1. The molecule has 0 saturated carbocycles. The van der Waals surface area contributed by atoms with Crippen molar-refractivity contribution in [3.8, 4) is 0 Å². The number of ketones is 1. The lowest BCUT2D eigenvalue weighted by atomic mass is 10.0. The quantitative estimate of drug-likeness (QED) is 0.645. The van der Waals surface area contributed by atoms with Crippen molar-refractivity contribution in [1.29, 1.82) is 0 Å². The largest absolute Gasteiger partial charge is 0.305 e. The Kier molecular flexibility index (Phi) is 5.99. The average molecular weight is 226 g/mol. The number of unbranched alkanes of at least 4 members (excludes halogenated alkanes) is 1. The molecular formula is C13H26N2O. The molecule has 1 aliphatic heterocycles. The van der Waals surface area contributed by atoms with Crippen molar-refractivity contribution in [2.45, 2.75) is 45.1 Å². The molecule has 16 heavy (non-hydrogen) atoms. The van der Waals surface area contributed by atoms with Gasteiger partial charge in [-0.3, -0.25) is 0 Å².